The van der Waals surface area contributed by atoms with Gasteiger partial charge in [0.2, 0.25) is 0 Å². The van der Waals surface area contributed by atoms with Gasteiger partial charge in [0.15, 0.2) is 0 Å². The molecule has 1 heterocycles. The van der Waals surface area contributed by atoms with Crippen molar-refractivity contribution in [2.24, 2.45) is 5.73 Å². The first kappa shape index (κ1) is 13.1. The highest BCUT2D eigenvalue weighted by Gasteiger charge is 2.05. The summed E-state index contributed by atoms with van der Waals surface area (Å²) < 4.78 is 5.80. The van der Waals surface area contributed by atoms with Crippen LogP contribution < -0.4 is 10.5 Å². The van der Waals surface area contributed by atoms with E-state index < -0.39 is 0 Å². The Balaban J connectivity index is 2.05. The molecule has 0 amide bonds. The Kier molecular flexibility index (Phi) is 3.99. The fraction of sp³-hybridized carbons (Fsp3) is 0.357. The normalized spacial score (nSPS) is 12.4. The Hall–Kier alpha value is -1.39. The Morgan fingerprint density at radius 2 is 2.17 bits per heavy atom. The number of nitrogens with zero attached hydrogens (tertiary/aromatic N) is 1. The van der Waals surface area contributed by atoms with Crippen LogP contribution in [0.1, 0.15) is 34.0 Å². The topological polar surface area (TPSA) is 48.1 Å². The first-order valence-electron chi connectivity index (χ1n) is 5.96. The van der Waals surface area contributed by atoms with Crippen LogP contribution in [0.5, 0.6) is 5.75 Å². The third kappa shape index (κ3) is 3.09. The molecule has 3 nitrogen and oxygen atoms in total. The van der Waals surface area contributed by atoms with Gasteiger partial charge in [-0.15, -0.1) is 11.3 Å². The number of ether oxygens (including phenoxy) is 1. The monoisotopic (exact) mass is 262 g/mol. The van der Waals surface area contributed by atoms with Crippen LogP contribution in [0.3, 0.4) is 0 Å². The summed E-state index contributed by atoms with van der Waals surface area (Å²) in [4.78, 5) is 5.35. The van der Waals surface area contributed by atoms with Crippen molar-refractivity contribution in [2.75, 3.05) is 0 Å². The average molecular weight is 262 g/mol. The third-order valence-corrected chi connectivity index (χ3v) is 3.65. The van der Waals surface area contributed by atoms with Gasteiger partial charge in [-0.3, -0.25) is 0 Å². The van der Waals surface area contributed by atoms with Crippen LogP contribution in [0.25, 0.3) is 0 Å². The second-order valence-electron chi connectivity index (χ2n) is 4.45. The summed E-state index contributed by atoms with van der Waals surface area (Å²) in [5.74, 6) is 0.908. The minimum absolute atomic E-state index is 0.0573. The quantitative estimate of drug-likeness (QED) is 0.919. The summed E-state index contributed by atoms with van der Waals surface area (Å²) in [6.07, 6.45) is 1.87. The van der Waals surface area contributed by atoms with Gasteiger partial charge in [0.1, 0.15) is 12.4 Å². The zero-order valence-electron chi connectivity index (χ0n) is 10.9. The smallest absolute Gasteiger partial charge is 0.124 e. The highest BCUT2D eigenvalue weighted by molar-refractivity contribution is 7.11. The molecule has 1 atom stereocenters. The third-order valence-electron chi connectivity index (χ3n) is 2.76. The maximum absolute atomic E-state index is 5.85. The minimum Gasteiger partial charge on any atom is -0.488 e. The fourth-order valence-electron chi connectivity index (χ4n) is 1.74. The van der Waals surface area contributed by atoms with E-state index in [0.29, 0.717) is 6.61 Å². The van der Waals surface area contributed by atoms with Crippen LogP contribution in [-0.2, 0) is 6.61 Å². The van der Waals surface area contributed by atoms with Crippen molar-refractivity contribution in [3.8, 4) is 5.75 Å². The summed E-state index contributed by atoms with van der Waals surface area (Å²) in [5, 5.41) is 1.07. The highest BCUT2D eigenvalue weighted by Crippen LogP contribution is 2.23. The maximum Gasteiger partial charge on any atom is 0.124 e. The molecule has 0 bridgehead atoms. The van der Waals surface area contributed by atoms with Crippen LogP contribution in [0.2, 0.25) is 0 Å². The molecule has 2 aromatic rings. The van der Waals surface area contributed by atoms with Gasteiger partial charge in [-0.05, 0) is 38.0 Å². The molecule has 0 aliphatic heterocycles. The van der Waals surface area contributed by atoms with Gasteiger partial charge in [-0.25, -0.2) is 4.98 Å². The van der Waals surface area contributed by atoms with E-state index in [2.05, 4.69) is 11.1 Å². The lowest BCUT2D eigenvalue weighted by molar-refractivity contribution is 0.307. The van der Waals surface area contributed by atoms with E-state index in [0.717, 1.165) is 26.8 Å². The van der Waals surface area contributed by atoms with Crippen molar-refractivity contribution in [1.29, 1.82) is 0 Å². The largest absolute Gasteiger partial charge is 0.488 e. The number of rotatable bonds is 4. The van der Waals surface area contributed by atoms with Gasteiger partial charge >= 0.3 is 0 Å². The molecule has 0 saturated heterocycles. The molecule has 1 aromatic carbocycles. The molecule has 4 heteroatoms. The van der Waals surface area contributed by atoms with E-state index in [1.165, 1.54) is 0 Å². The fourth-order valence-corrected chi connectivity index (χ4v) is 2.45. The van der Waals surface area contributed by atoms with Gasteiger partial charge in [-0.2, -0.15) is 0 Å². The predicted octanol–water partition coefficient (Wildman–Crippen LogP) is 3.36. The molecule has 2 rings (SSSR count). The zero-order valence-corrected chi connectivity index (χ0v) is 11.8. The molecule has 0 spiro atoms. The number of hydrogen-bond acceptors (Lipinski definition) is 4. The molecular formula is C14H18N2OS. The SMILES string of the molecule is Cc1ncc(COc2ccc([C@H](C)N)cc2C)s1. The lowest BCUT2D eigenvalue weighted by Crippen LogP contribution is -2.05. The number of hydrogen-bond donors (Lipinski definition) is 1. The average Bonchev–Trinajstić information content (AvgIpc) is 2.73. The van der Waals surface area contributed by atoms with Crippen LogP contribution in [0.15, 0.2) is 24.4 Å². The summed E-state index contributed by atoms with van der Waals surface area (Å²) in [6.45, 7) is 6.59. The second kappa shape index (κ2) is 5.50. The van der Waals surface area contributed by atoms with Gasteiger partial charge in [-0.1, -0.05) is 12.1 Å². The molecule has 2 N–H and O–H groups in total. The van der Waals surface area contributed by atoms with E-state index in [-0.39, 0.29) is 6.04 Å². The lowest BCUT2D eigenvalue weighted by Gasteiger charge is -2.11. The van der Waals surface area contributed by atoms with Crippen LogP contribution in [0.4, 0.5) is 0 Å². The van der Waals surface area contributed by atoms with Gasteiger partial charge in [0.05, 0.1) is 9.88 Å². The van der Waals surface area contributed by atoms with Crippen molar-refractivity contribution in [3.63, 3.8) is 0 Å². The van der Waals surface area contributed by atoms with Gasteiger partial charge in [0, 0.05) is 12.2 Å². The first-order valence-corrected chi connectivity index (χ1v) is 6.78. The molecule has 0 saturated carbocycles. The Morgan fingerprint density at radius 1 is 1.39 bits per heavy atom. The number of thiazole rings is 1. The summed E-state index contributed by atoms with van der Waals surface area (Å²) >= 11 is 1.66. The standard InChI is InChI=1S/C14H18N2OS/c1-9-6-12(10(2)15)4-5-14(9)17-8-13-7-16-11(3)18-13/h4-7,10H,8,15H2,1-3H3/t10-/m0/s1. The van der Waals surface area contributed by atoms with Crippen LogP contribution in [-0.4, -0.2) is 4.98 Å². The van der Waals surface area contributed by atoms with E-state index in [1.54, 1.807) is 11.3 Å². The van der Waals surface area contributed by atoms with Crippen LogP contribution in [0, 0.1) is 13.8 Å². The number of nitrogens with two attached hydrogens (primary N) is 1. The molecule has 0 radical (unpaired) electrons. The molecule has 0 aliphatic carbocycles. The zero-order chi connectivity index (χ0) is 13.1. The highest BCUT2D eigenvalue weighted by atomic mass is 32.1. The predicted molar refractivity (Wildman–Crippen MR) is 75.0 cm³/mol. The second-order valence-corrected chi connectivity index (χ2v) is 5.77. The summed E-state index contributed by atoms with van der Waals surface area (Å²) in [5.41, 5.74) is 8.10. The summed E-state index contributed by atoms with van der Waals surface area (Å²) in [7, 11) is 0. The van der Waals surface area contributed by atoms with E-state index in [1.807, 2.05) is 39.1 Å². The number of benzene rings is 1. The van der Waals surface area contributed by atoms with Crippen molar-refractivity contribution in [2.45, 2.75) is 33.4 Å². The van der Waals surface area contributed by atoms with Gasteiger partial charge < -0.3 is 10.5 Å². The Labute approximate surface area is 112 Å². The van der Waals surface area contributed by atoms with Crippen molar-refractivity contribution in [3.05, 3.63) is 45.4 Å². The molecular weight excluding hydrogens is 244 g/mol. The molecule has 1 aromatic heterocycles. The number of aryl methyl sites for hydroxylation is 2. The Bertz CT molecular complexity index is 534. The van der Waals surface area contributed by atoms with Crippen LogP contribution >= 0.6 is 11.3 Å². The van der Waals surface area contributed by atoms with Crippen molar-refractivity contribution >= 4 is 11.3 Å². The molecule has 0 fully saturated rings. The Morgan fingerprint density at radius 3 is 2.72 bits per heavy atom. The minimum atomic E-state index is 0.0573. The molecule has 0 unspecified atom stereocenters. The summed E-state index contributed by atoms with van der Waals surface area (Å²) in [6, 6.07) is 6.15. The lowest BCUT2D eigenvalue weighted by atomic mass is 10.1. The molecule has 0 aliphatic rings. The van der Waals surface area contributed by atoms with E-state index >= 15 is 0 Å². The van der Waals surface area contributed by atoms with Crippen molar-refractivity contribution < 1.29 is 4.74 Å². The number of aromatic nitrogens is 1. The van der Waals surface area contributed by atoms with Gasteiger partial charge in [0.25, 0.3) is 0 Å². The maximum atomic E-state index is 5.85. The van der Waals surface area contributed by atoms with E-state index in [4.69, 9.17) is 10.5 Å². The van der Waals surface area contributed by atoms with Crippen molar-refractivity contribution in [1.82, 2.24) is 4.98 Å². The first-order chi connectivity index (χ1) is 8.56. The van der Waals surface area contributed by atoms with E-state index in [9.17, 15) is 0 Å². The molecule has 18 heavy (non-hydrogen) atoms. The molecule has 96 valence electrons.